The molecule has 1 aliphatic rings. The van der Waals surface area contributed by atoms with Crippen LogP contribution in [0.2, 0.25) is 0 Å². The minimum atomic E-state index is -0.680. The van der Waals surface area contributed by atoms with Crippen LogP contribution in [0.25, 0.3) is 0 Å². The van der Waals surface area contributed by atoms with Gasteiger partial charge in [0.2, 0.25) is 0 Å². The molecule has 0 radical (unpaired) electrons. The van der Waals surface area contributed by atoms with E-state index >= 15 is 0 Å². The first-order chi connectivity index (χ1) is 24.3. The van der Waals surface area contributed by atoms with Gasteiger partial charge in [-0.05, 0) is 68.0 Å². The van der Waals surface area contributed by atoms with Crippen LogP contribution in [0.3, 0.4) is 0 Å². The number of benzene rings is 4. The van der Waals surface area contributed by atoms with Crippen LogP contribution in [0.1, 0.15) is 55.9 Å². The van der Waals surface area contributed by atoms with Gasteiger partial charge in [-0.25, -0.2) is 4.79 Å². The fourth-order valence-corrected chi connectivity index (χ4v) is 6.07. The highest BCUT2D eigenvalue weighted by molar-refractivity contribution is 5.69. The summed E-state index contributed by atoms with van der Waals surface area (Å²) in [6.45, 7) is 8.12. The van der Waals surface area contributed by atoms with Crippen LogP contribution >= 0.6 is 0 Å². The molecule has 4 aromatic rings. The monoisotopic (exact) mass is 681 g/mol. The smallest absolute Gasteiger partial charge is 0.410 e. The van der Waals surface area contributed by atoms with E-state index in [-0.39, 0.29) is 0 Å². The lowest BCUT2D eigenvalue weighted by Gasteiger charge is -2.35. The van der Waals surface area contributed by atoms with Gasteiger partial charge in [-0.2, -0.15) is 0 Å². The van der Waals surface area contributed by atoms with Gasteiger partial charge in [0, 0.05) is 6.61 Å². The third-order valence-electron chi connectivity index (χ3n) is 8.55. The summed E-state index contributed by atoms with van der Waals surface area (Å²) in [5.41, 5.74) is 3.53. The minimum Gasteiger partial charge on any atom is -0.497 e. The van der Waals surface area contributed by atoms with Gasteiger partial charge in [-0.3, -0.25) is 4.90 Å². The Morgan fingerprint density at radius 3 is 1.82 bits per heavy atom. The molecule has 1 saturated heterocycles. The molecule has 1 amide bonds. The number of rotatable bonds is 17. The van der Waals surface area contributed by atoms with E-state index in [1.165, 1.54) is 0 Å². The van der Waals surface area contributed by atoms with E-state index in [1.807, 2.05) is 136 Å². The van der Waals surface area contributed by atoms with Gasteiger partial charge in [-0.1, -0.05) is 103 Å². The van der Waals surface area contributed by atoms with Crippen molar-refractivity contribution in [3.63, 3.8) is 0 Å². The highest BCUT2D eigenvalue weighted by Crippen LogP contribution is 2.33. The maximum absolute atomic E-state index is 14.0. The molecule has 1 heterocycles. The van der Waals surface area contributed by atoms with Crippen molar-refractivity contribution in [3.8, 4) is 5.75 Å². The second-order valence-corrected chi connectivity index (χ2v) is 13.6. The van der Waals surface area contributed by atoms with Gasteiger partial charge in [0.25, 0.3) is 0 Å². The number of nitrogens with zero attached hydrogens (tertiary/aromatic N) is 1. The molecule has 0 unspecified atom stereocenters. The number of carbonyl (C=O) groups is 1. The van der Waals surface area contributed by atoms with Crippen LogP contribution in [-0.2, 0) is 50.1 Å². The molecule has 0 saturated carbocycles. The van der Waals surface area contributed by atoms with E-state index in [0.717, 1.165) is 34.4 Å². The van der Waals surface area contributed by atoms with Crippen LogP contribution in [-0.4, -0.2) is 61.2 Å². The summed E-state index contributed by atoms with van der Waals surface area (Å²) in [4.78, 5) is 15.7. The Morgan fingerprint density at radius 1 is 0.720 bits per heavy atom. The molecule has 0 spiro atoms. The fourth-order valence-electron chi connectivity index (χ4n) is 6.07. The summed E-state index contributed by atoms with van der Waals surface area (Å²) in [5.74, 6) is 0.813. The molecule has 0 aromatic heterocycles. The van der Waals surface area contributed by atoms with Crippen molar-refractivity contribution in [3.05, 3.63) is 138 Å². The molecule has 4 aromatic carbocycles. The lowest BCUT2D eigenvalue weighted by atomic mass is 9.99. The number of likely N-dealkylation sites (tertiary alicyclic amines) is 1. The summed E-state index contributed by atoms with van der Waals surface area (Å²) in [7, 11) is 1.66. The molecule has 4 atom stereocenters. The molecule has 0 aliphatic carbocycles. The van der Waals surface area contributed by atoms with E-state index in [0.29, 0.717) is 46.0 Å². The molecule has 8 heteroatoms. The molecule has 8 nitrogen and oxygen atoms in total. The van der Waals surface area contributed by atoms with Crippen LogP contribution in [0.5, 0.6) is 5.75 Å². The van der Waals surface area contributed by atoms with Gasteiger partial charge >= 0.3 is 6.09 Å². The van der Waals surface area contributed by atoms with Crippen LogP contribution in [0, 0.1) is 0 Å². The standard InChI is InChI=1S/C42H51NO7/c1-42(2,3)50-41(44)43-27-38(48-30-33-17-10-6-11-18-33)40(49-31-34-19-12-7-13-20-34)39(43)37(47-29-32-15-8-5-9-16-32)21-14-26-46-28-35-22-24-36(45-4)25-23-35/h5-13,15-20,22-25,37-40H,14,21,26-31H2,1-4H3/t37-,38+,39-,40+/m1/s1. The molecule has 50 heavy (non-hydrogen) atoms. The quantitative estimate of drug-likeness (QED) is 0.104. The maximum Gasteiger partial charge on any atom is 0.410 e. The summed E-state index contributed by atoms with van der Waals surface area (Å²) < 4.78 is 37.4. The van der Waals surface area contributed by atoms with E-state index in [2.05, 4.69) is 0 Å². The predicted octanol–water partition coefficient (Wildman–Crippen LogP) is 8.37. The largest absolute Gasteiger partial charge is 0.497 e. The number of ether oxygens (including phenoxy) is 6. The molecule has 266 valence electrons. The van der Waals surface area contributed by atoms with E-state index in [1.54, 1.807) is 12.0 Å². The molecule has 1 aliphatic heterocycles. The Kier molecular flexibility index (Phi) is 13.9. The summed E-state index contributed by atoms with van der Waals surface area (Å²) in [6, 6.07) is 37.6. The zero-order chi connectivity index (χ0) is 35.2. The van der Waals surface area contributed by atoms with Crippen LogP contribution < -0.4 is 4.74 Å². The first kappa shape index (κ1) is 37.1. The molecule has 0 bridgehead atoms. The number of methoxy groups -OCH3 is 1. The maximum atomic E-state index is 14.0. The number of hydrogen-bond acceptors (Lipinski definition) is 7. The molecule has 1 fully saturated rings. The van der Waals surface area contributed by atoms with Crippen molar-refractivity contribution in [1.29, 1.82) is 0 Å². The number of carbonyl (C=O) groups excluding carboxylic acids is 1. The predicted molar refractivity (Wildman–Crippen MR) is 194 cm³/mol. The lowest BCUT2D eigenvalue weighted by Crippen LogP contribution is -2.51. The first-order valence-electron chi connectivity index (χ1n) is 17.5. The van der Waals surface area contributed by atoms with Gasteiger partial charge in [0.1, 0.15) is 23.6 Å². The van der Waals surface area contributed by atoms with Crippen LogP contribution in [0.15, 0.2) is 115 Å². The third kappa shape index (κ3) is 11.4. The van der Waals surface area contributed by atoms with Gasteiger partial charge < -0.3 is 28.4 Å². The van der Waals surface area contributed by atoms with Crippen LogP contribution in [0.4, 0.5) is 4.79 Å². The average molecular weight is 682 g/mol. The summed E-state index contributed by atoms with van der Waals surface area (Å²) in [6.07, 6.45) is -0.340. The first-order valence-corrected chi connectivity index (χ1v) is 17.5. The summed E-state index contributed by atoms with van der Waals surface area (Å²) in [5, 5.41) is 0. The Labute approximate surface area is 297 Å². The van der Waals surface area contributed by atoms with Crippen molar-refractivity contribution >= 4 is 6.09 Å². The average Bonchev–Trinajstić information content (AvgIpc) is 3.50. The number of amides is 1. The third-order valence-corrected chi connectivity index (χ3v) is 8.55. The summed E-state index contributed by atoms with van der Waals surface area (Å²) >= 11 is 0. The number of hydrogen-bond donors (Lipinski definition) is 0. The zero-order valence-electron chi connectivity index (χ0n) is 29.7. The Balaban J connectivity index is 1.39. The normalized spacial score (nSPS) is 18.2. The van der Waals surface area contributed by atoms with Gasteiger partial charge in [0.05, 0.1) is 52.2 Å². The lowest BCUT2D eigenvalue weighted by molar-refractivity contribution is -0.104. The van der Waals surface area contributed by atoms with Crippen molar-refractivity contribution in [1.82, 2.24) is 4.90 Å². The van der Waals surface area contributed by atoms with E-state index in [9.17, 15) is 4.79 Å². The second kappa shape index (κ2) is 18.7. The Hall–Kier alpha value is -4.21. The fraction of sp³-hybridized carbons (Fsp3) is 0.405. The minimum absolute atomic E-state index is 0.311. The molecular formula is C42H51NO7. The highest BCUT2D eigenvalue weighted by atomic mass is 16.6. The second-order valence-electron chi connectivity index (χ2n) is 13.6. The van der Waals surface area contributed by atoms with E-state index in [4.69, 9.17) is 28.4 Å². The van der Waals surface area contributed by atoms with Gasteiger partial charge in [0.15, 0.2) is 0 Å². The van der Waals surface area contributed by atoms with Gasteiger partial charge in [-0.15, -0.1) is 0 Å². The zero-order valence-corrected chi connectivity index (χ0v) is 29.7. The molecule has 5 rings (SSSR count). The molecule has 0 N–H and O–H groups in total. The van der Waals surface area contributed by atoms with Crippen molar-refractivity contribution in [2.45, 2.75) is 90.0 Å². The van der Waals surface area contributed by atoms with Crippen molar-refractivity contribution in [2.75, 3.05) is 20.3 Å². The van der Waals surface area contributed by atoms with Crippen molar-refractivity contribution in [2.24, 2.45) is 0 Å². The SMILES string of the molecule is COc1ccc(COCCC[C@@H](OCc2ccccc2)[C@@H]2[C@@H](OCc3ccccc3)[C@@H](OCc3ccccc3)CN2C(=O)OC(C)(C)C)cc1. The topological polar surface area (TPSA) is 75.7 Å². The molecular weight excluding hydrogens is 630 g/mol. The Bertz CT molecular complexity index is 1540. The Morgan fingerprint density at radius 2 is 1.26 bits per heavy atom. The van der Waals surface area contributed by atoms with E-state index < -0.39 is 36.0 Å². The van der Waals surface area contributed by atoms with Crippen molar-refractivity contribution < 1.29 is 33.2 Å². The highest BCUT2D eigenvalue weighted by Gasteiger charge is 2.50.